The Morgan fingerprint density at radius 2 is 2.04 bits per heavy atom. The minimum atomic E-state index is -0.0479. The number of likely N-dealkylation sites (tertiary alicyclic amines) is 1. The van der Waals surface area contributed by atoms with Gasteiger partial charge in [0.05, 0.1) is 0 Å². The van der Waals surface area contributed by atoms with E-state index in [-0.39, 0.29) is 17.4 Å². The number of nitrogens with zero attached hydrogens (tertiary/aromatic N) is 3. The third kappa shape index (κ3) is 4.56. The predicted molar refractivity (Wildman–Crippen MR) is 105 cm³/mol. The fraction of sp³-hybridized carbons (Fsp3) is 0.571. The largest absolute Gasteiger partial charge is 0.342 e. The zero-order valence-electron chi connectivity index (χ0n) is 16.7. The Morgan fingerprint density at radius 1 is 1.33 bits per heavy atom. The highest BCUT2D eigenvalue weighted by Gasteiger charge is 2.35. The van der Waals surface area contributed by atoms with Gasteiger partial charge in [0.1, 0.15) is 0 Å². The lowest BCUT2D eigenvalue weighted by Crippen LogP contribution is -2.54. The Balaban J connectivity index is 1.57. The third-order valence-electron chi connectivity index (χ3n) is 5.52. The van der Waals surface area contributed by atoms with Crippen LogP contribution >= 0.6 is 0 Å². The third-order valence-corrected chi connectivity index (χ3v) is 5.52. The molecule has 2 N–H and O–H groups in total. The lowest BCUT2D eigenvalue weighted by molar-refractivity contribution is -0.134. The minimum absolute atomic E-state index is 0.0479. The van der Waals surface area contributed by atoms with Gasteiger partial charge in [-0.25, -0.2) is 0 Å². The zero-order valence-corrected chi connectivity index (χ0v) is 16.7. The van der Waals surface area contributed by atoms with Crippen molar-refractivity contribution in [2.45, 2.75) is 58.9 Å². The van der Waals surface area contributed by atoms with Crippen LogP contribution in [0.2, 0.25) is 0 Å². The van der Waals surface area contributed by atoms with Gasteiger partial charge in [0, 0.05) is 37.5 Å². The SMILES string of the molecule is CC(C)c1ccc(-c2noc(CCC(=O)N3CCC(N)C(C)(C)C3)n2)cc1. The highest BCUT2D eigenvalue weighted by Crippen LogP contribution is 2.28. The number of nitrogens with two attached hydrogens (primary N) is 1. The topological polar surface area (TPSA) is 85.2 Å². The average Bonchev–Trinajstić information content (AvgIpc) is 3.11. The van der Waals surface area contributed by atoms with Crippen molar-refractivity contribution in [3.05, 3.63) is 35.7 Å². The van der Waals surface area contributed by atoms with Crippen molar-refractivity contribution in [3.8, 4) is 11.4 Å². The van der Waals surface area contributed by atoms with Crippen LogP contribution in [0.15, 0.2) is 28.8 Å². The van der Waals surface area contributed by atoms with Crippen LogP contribution in [0, 0.1) is 5.41 Å². The maximum Gasteiger partial charge on any atom is 0.227 e. The van der Waals surface area contributed by atoms with Crippen LogP contribution in [0.4, 0.5) is 0 Å². The van der Waals surface area contributed by atoms with Gasteiger partial charge >= 0.3 is 0 Å². The number of piperidine rings is 1. The smallest absolute Gasteiger partial charge is 0.227 e. The van der Waals surface area contributed by atoms with Crippen molar-refractivity contribution < 1.29 is 9.32 Å². The second-order valence-electron chi connectivity index (χ2n) is 8.49. The molecule has 1 saturated heterocycles. The summed E-state index contributed by atoms with van der Waals surface area (Å²) in [6.45, 7) is 9.98. The van der Waals surface area contributed by atoms with Crippen molar-refractivity contribution in [2.75, 3.05) is 13.1 Å². The quantitative estimate of drug-likeness (QED) is 0.872. The number of carbonyl (C=O) groups is 1. The summed E-state index contributed by atoms with van der Waals surface area (Å²) in [7, 11) is 0. The zero-order chi connectivity index (χ0) is 19.6. The summed E-state index contributed by atoms with van der Waals surface area (Å²) >= 11 is 0. The van der Waals surface area contributed by atoms with E-state index >= 15 is 0 Å². The van der Waals surface area contributed by atoms with Crippen LogP contribution in [0.25, 0.3) is 11.4 Å². The van der Waals surface area contributed by atoms with Gasteiger partial charge in [-0.05, 0) is 23.3 Å². The monoisotopic (exact) mass is 370 g/mol. The molecule has 1 aliphatic rings. The van der Waals surface area contributed by atoms with E-state index in [1.54, 1.807) is 0 Å². The lowest BCUT2D eigenvalue weighted by atomic mass is 9.79. The van der Waals surface area contributed by atoms with E-state index in [1.165, 1.54) is 5.56 Å². The maximum atomic E-state index is 12.5. The first-order valence-electron chi connectivity index (χ1n) is 9.72. The molecular formula is C21H30N4O2. The number of benzene rings is 1. The summed E-state index contributed by atoms with van der Waals surface area (Å²) in [5.41, 5.74) is 8.30. The molecule has 1 amide bonds. The minimum Gasteiger partial charge on any atom is -0.342 e. The van der Waals surface area contributed by atoms with Gasteiger partial charge < -0.3 is 15.2 Å². The van der Waals surface area contributed by atoms with E-state index in [2.05, 4.69) is 50.0 Å². The van der Waals surface area contributed by atoms with Crippen molar-refractivity contribution in [3.63, 3.8) is 0 Å². The summed E-state index contributed by atoms with van der Waals surface area (Å²) < 4.78 is 5.34. The molecule has 1 aliphatic heterocycles. The van der Waals surface area contributed by atoms with Crippen LogP contribution in [0.3, 0.4) is 0 Å². The molecule has 1 aromatic heterocycles. The molecule has 0 spiro atoms. The van der Waals surface area contributed by atoms with Crippen LogP contribution in [0.5, 0.6) is 0 Å². The summed E-state index contributed by atoms with van der Waals surface area (Å²) in [5.74, 6) is 1.67. The first-order chi connectivity index (χ1) is 12.8. The number of aryl methyl sites for hydroxylation is 1. The summed E-state index contributed by atoms with van der Waals surface area (Å²) in [4.78, 5) is 18.9. The van der Waals surface area contributed by atoms with Crippen LogP contribution in [0.1, 0.15) is 57.9 Å². The van der Waals surface area contributed by atoms with Gasteiger partial charge in [0.25, 0.3) is 0 Å². The molecule has 0 saturated carbocycles. The van der Waals surface area contributed by atoms with Crippen molar-refractivity contribution >= 4 is 5.91 Å². The average molecular weight is 370 g/mol. The Morgan fingerprint density at radius 3 is 2.67 bits per heavy atom. The number of hydrogen-bond donors (Lipinski definition) is 1. The molecule has 0 bridgehead atoms. The summed E-state index contributed by atoms with van der Waals surface area (Å²) in [5, 5.41) is 4.06. The highest BCUT2D eigenvalue weighted by molar-refractivity contribution is 5.76. The van der Waals surface area contributed by atoms with Gasteiger partial charge in [0.15, 0.2) is 0 Å². The molecular weight excluding hydrogens is 340 g/mol. The Kier molecular flexibility index (Phi) is 5.65. The molecule has 2 heterocycles. The van der Waals surface area contributed by atoms with Crippen molar-refractivity contribution in [1.82, 2.24) is 15.0 Å². The molecule has 0 radical (unpaired) electrons. The molecule has 1 unspecified atom stereocenters. The van der Waals surface area contributed by atoms with Gasteiger partial charge in [-0.2, -0.15) is 4.98 Å². The normalized spacial score (nSPS) is 19.5. The van der Waals surface area contributed by atoms with E-state index in [0.29, 0.717) is 37.0 Å². The van der Waals surface area contributed by atoms with Gasteiger partial charge in [-0.3, -0.25) is 4.79 Å². The Hall–Kier alpha value is -2.21. The number of carbonyl (C=O) groups excluding carboxylic acids is 1. The lowest BCUT2D eigenvalue weighted by Gasteiger charge is -2.42. The molecule has 1 fully saturated rings. The molecule has 3 rings (SSSR count). The molecule has 2 aromatic rings. The summed E-state index contributed by atoms with van der Waals surface area (Å²) in [6.07, 6.45) is 1.67. The number of rotatable bonds is 5. The van der Waals surface area contributed by atoms with Crippen molar-refractivity contribution in [1.29, 1.82) is 0 Å². The molecule has 27 heavy (non-hydrogen) atoms. The number of hydrogen-bond acceptors (Lipinski definition) is 5. The number of amides is 1. The molecule has 0 aliphatic carbocycles. The highest BCUT2D eigenvalue weighted by atomic mass is 16.5. The number of aromatic nitrogens is 2. The molecule has 1 atom stereocenters. The van der Waals surface area contributed by atoms with E-state index in [0.717, 1.165) is 18.5 Å². The Bertz CT molecular complexity index is 780. The van der Waals surface area contributed by atoms with E-state index in [9.17, 15) is 4.79 Å². The van der Waals surface area contributed by atoms with Crippen molar-refractivity contribution in [2.24, 2.45) is 11.1 Å². The fourth-order valence-electron chi connectivity index (χ4n) is 3.45. The van der Waals surface area contributed by atoms with Crippen LogP contribution in [-0.2, 0) is 11.2 Å². The summed E-state index contributed by atoms with van der Waals surface area (Å²) in [6, 6.07) is 8.33. The Labute approximate surface area is 161 Å². The fourth-order valence-corrected chi connectivity index (χ4v) is 3.45. The molecule has 6 heteroatoms. The standard InChI is InChI=1S/C21H30N4O2/c1-14(2)15-5-7-16(8-6-15)20-23-18(27-24-20)9-10-19(26)25-12-11-17(22)21(3,4)13-25/h5-8,14,17H,9-13,22H2,1-4H3. The molecule has 1 aromatic carbocycles. The second kappa shape index (κ2) is 7.80. The van der Waals surface area contributed by atoms with Crippen LogP contribution < -0.4 is 5.73 Å². The first kappa shape index (κ1) is 19.5. The molecule has 146 valence electrons. The van der Waals surface area contributed by atoms with Crippen LogP contribution in [-0.4, -0.2) is 40.1 Å². The van der Waals surface area contributed by atoms with E-state index in [4.69, 9.17) is 10.3 Å². The van der Waals surface area contributed by atoms with Gasteiger partial charge in [-0.1, -0.05) is 57.1 Å². The first-order valence-corrected chi connectivity index (χ1v) is 9.72. The van der Waals surface area contributed by atoms with Gasteiger partial charge in [0.2, 0.25) is 17.6 Å². The van der Waals surface area contributed by atoms with E-state index < -0.39 is 0 Å². The van der Waals surface area contributed by atoms with E-state index in [1.807, 2.05) is 17.0 Å². The van der Waals surface area contributed by atoms with Gasteiger partial charge in [-0.15, -0.1) is 0 Å². The second-order valence-corrected chi connectivity index (χ2v) is 8.49. The molecule has 6 nitrogen and oxygen atoms in total. The maximum absolute atomic E-state index is 12.5. The predicted octanol–water partition coefficient (Wildman–Crippen LogP) is 3.38.